The van der Waals surface area contributed by atoms with Gasteiger partial charge in [-0.1, -0.05) is 19.8 Å². The van der Waals surface area contributed by atoms with Gasteiger partial charge in [0.2, 0.25) is 0 Å². The van der Waals surface area contributed by atoms with Gasteiger partial charge in [0.15, 0.2) is 0 Å². The SMILES string of the molecule is CC1CCCC(O)(CNS(N)(=O)=O)C1. The summed E-state index contributed by atoms with van der Waals surface area (Å²) in [4.78, 5) is 0. The number of hydrogen-bond acceptors (Lipinski definition) is 3. The molecule has 2 atom stereocenters. The first-order valence-electron chi connectivity index (χ1n) is 4.80. The smallest absolute Gasteiger partial charge is 0.274 e. The summed E-state index contributed by atoms with van der Waals surface area (Å²) in [6.07, 6.45) is 3.30. The number of aliphatic hydroxyl groups is 1. The van der Waals surface area contributed by atoms with E-state index in [9.17, 15) is 13.5 Å². The van der Waals surface area contributed by atoms with Gasteiger partial charge in [-0.2, -0.15) is 13.1 Å². The van der Waals surface area contributed by atoms with Gasteiger partial charge in [0.05, 0.1) is 5.60 Å². The van der Waals surface area contributed by atoms with E-state index < -0.39 is 15.8 Å². The molecular formula is C8H18N2O3S. The zero-order chi connectivity index (χ0) is 10.8. The third-order valence-electron chi connectivity index (χ3n) is 2.67. The Morgan fingerprint density at radius 1 is 1.64 bits per heavy atom. The van der Waals surface area contributed by atoms with E-state index in [-0.39, 0.29) is 6.54 Å². The van der Waals surface area contributed by atoms with Crippen LogP contribution in [-0.2, 0) is 10.2 Å². The maximum atomic E-state index is 10.7. The predicted molar refractivity (Wildman–Crippen MR) is 53.7 cm³/mol. The molecule has 0 saturated heterocycles. The molecule has 0 radical (unpaired) electrons. The van der Waals surface area contributed by atoms with Crippen LogP contribution in [0.2, 0.25) is 0 Å². The van der Waals surface area contributed by atoms with E-state index in [4.69, 9.17) is 5.14 Å². The number of rotatable bonds is 3. The molecule has 5 nitrogen and oxygen atoms in total. The van der Waals surface area contributed by atoms with Crippen LogP contribution >= 0.6 is 0 Å². The molecule has 6 heteroatoms. The van der Waals surface area contributed by atoms with Crippen LogP contribution in [0.4, 0.5) is 0 Å². The summed E-state index contributed by atoms with van der Waals surface area (Å²) >= 11 is 0. The Morgan fingerprint density at radius 3 is 2.79 bits per heavy atom. The largest absolute Gasteiger partial charge is 0.389 e. The van der Waals surface area contributed by atoms with Crippen LogP contribution in [0.3, 0.4) is 0 Å². The molecule has 84 valence electrons. The molecule has 0 aromatic rings. The summed E-state index contributed by atoms with van der Waals surface area (Å²) in [5, 5.41) is 14.8. The lowest BCUT2D eigenvalue weighted by Crippen LogP contribution is -2.47. The zero-order valence-electron chi connectivity index (χ0n) is 8.36. The van der Waals surface area contributed by atoms with Crippen LogP contribution in [0.25, 0.3) is 0 Å². The van der Waals surface area contributed by atoms with E-state index >= 15 is 0 Å². The van der Waals surface area contributed by atoms with E-state index in [2.05, 4.69) is 11.6 Å². The Labute approximate surface area is 84.9 Å². The molecule has 14 heavy (non-hydrogen) atoms. The average molecular weight is 222 g/mol. The highest BCUT2D eigenvalue weighted by atomic mass is 32.2. The Morgan fingerprint density at radius 2 is 2.29 bits per heavy atom. The Balaban J connectivity index is 2.49. The third-order valence-corrected chi connectivity index (χ3v) is 3.22. The molecule has 0 amide bonds. The van der Waals surface area contributed by atoms with Crippen LogP contribution in [0.5, 0.6) is 0 Å². The predicted octanol–water partition coefficient (Wildman–Crippen LogP) is -0.279. The molecule has 1 saturated carbocycles. The summed E-state index contributed by atoms with van der Waals surface area (Å²) in [5.74, 6) is 0.441. The molecule has 1 fully saturated rings. The molecule has 0 heterocycles. The van der Waals surface area contributed by atoms with Gasteiger partial charge < -0.3 is 5.11 Å². The number of hydrogen-bond donors (Lipinski definition) is 3. The Bertz CT molecular complexity index is 291. The van der Waals surface area contributed by atoms with Crippen LogP contribution in [0.1, 0.15) is 32.6 Å². The number of nitrogens with one attached hydrogen (secondary N) is 1. The summed E-state index contributed by atoms with van der Waals surface area (Å²) < 4.78 is 23.5. The van der Waals surface area contributed by atoms with Crippen molar-refractivity contribution in [2.24, 2.45) is 11.1 Å². The van der Waals surface area contributed by atoms with E-state index in [1.807, 2.05) is 0 Å². The van der Waals surface area contributed by atoms with Crippen molar-refractivity contribution in [3.05, 3.63) is 0 Å². The van der Waals surface area contributed by atoms with Crippen LogP contribution in [0, 0.1) is 5.92 Å². The van der Waals surface area contributed by atoms with E-state index in [0.717, 1.165) is 12.8 Å². The molecule has 2 unspecified atom stereocenters. The van der Waals surface area contributed by atoms with Crippen molar-refractivity contribution in [2.75, 3.05) is 6.54 Å². The average Bonchev–Trinajstić information content (AvgIpc) is 1.99. The topological polar surface area (TPSA) is 92.4 Å². The van der Waals surface area contributed by atoms with Gasteiger partial charge in [-0.05, 0) is 18.8 Å². The van der Waals surface area contributed by atoms with Crippen molar-refractivity contribution >= 4 is 10.2 Å². The van der Waals surface area contributed by atoms with Crippen LogP contribution < -0.4 is 9.86 Å². The standard InChI is InChI=1S/C8H18N2O3S/c1-7-3-2-4-8(11,5-7)6-10-14(9,12)13/h7,10-11H,2-6H2,1H3,(H2,9,12,13). The maximum Gasteiger partial charge on any atom is 0.274 e. The zero-order valence-corrected chi connectivity index (χ0v) is 9.18. The minimum Gasteiger partial charge on any atom is -0.389 e. The monoisotopic (exact) mass is 222 g/mol. The molecule has 1 rings (SSSR count). The normalized spacial score (nSPS) is 34.4. The highest BCUT2D eigenvalue weighted by Gasteiger charge is 2.33. The molecule has 0 spiro atoms. The maximum absolute atomic E-state index is 10.7. The van der Waals surface area contributed by atoms with Crippen molar-refractivity contribution < 1.29 is 13.5 Å². The molecule has 1 aliphatic rings. The molecule has 0 bridgehead atoms. The summed E-state index contributed by atoms with van der Waals surface area (Å²) in [7, 11) is -3.69. The third kappa shape index (κ3) is 3.91. The lowest BCUT2D eigenvalue weighted by Gasteiger charge is -2.35. The fourth-order valence-electron chi connectivity index (χ4n) is 2.03. The van der Waals surface area contributed by atoms with Crippen molar-refractivity contribution in [2.45, 2.75) is 38.2 Å². The minimum absolute atomic E-state index is 0.0240. The van der Waals surface area contributed by atoms with Gasteiger partial charge >= 0.3 is 0 Å². The fraction of sp³-hybridized carbons (Fsp3) is 1.00. The summed E-state index contributed by atoms with van der Waals surface area (Å²) in [5.41, 5.74) is -0.913. The quantitative estimate of drug-likeness (QED) is 0.613. The Hall–Kier alpha value is -0.170. The molecule has 0 aromatic heterocycles. The van der Waals surface area contributed by atoms with E-state index in [0.29, 0.717) is 18.8 Å². The van der Waals surface area contributed by atoms with Gasteiger partial charge in [0.25, 0.3) is 10.2 Å². The summed E-state index contributed by atoms with van der Waals surface area (Å²) in [6, 6.07) is 0. The second-order valence-electron chi connectivity index (χ2n) is 4.29. The van der Waals surface area contributed by atoms with Crippen molar-refractivity contribution in [1.82, 2.24) is 4.72 Å². The van der Waals surface area contributed by atoms with Gasteiger partial charge in [-0.3, -0.25) is 0 Å². The highest BCUT2D eigenvalue weighted by molar-refractivity contribution is 7.87. The van der Waals surface area contributed by atoms with Crippen LogP contribution in [0.15, 0.2) is 0 Å². The van der Waals surface area contributed by atoms with E-state index in [1.54, 1.807) is 0 Å². The first-order chi connectivity index (χ1) is 6.31. The number of nitrogens with two attached hydrogens (primary N) is 1. The Kier molecular flexibility index (Phi) is 3.52. The van der Waals surface area contributed by atoms with Gasteiger partial charge in [-0.15, -0.1) is 0 Å². The molecule has 0 aromatic carbocycles. The lowest BCUT2D eigenvalue weighted by atomic mass is 9.79. The van der Waals surface area contributed by atoms with Crippen LogP contribution in [-0.4, -0.2) is 25.7 Å². The van der Waals surface area contributed by atoms with Crippen molar-refractivity contribution in [1.29, 1.82) is 0 Å². The van der Waals surface area contributed by atoms with Gasteiger partial charge in [0, 0.05) is 6.54 Å². The minimum atomic E-state index is -3.69. The fourth-order valence-corrected chi connectivity index (χ4v) is 2.50. The van der Waals surface area contributed by atoms with Gasteiger partial charge in [0.1, 0.15) is 0 Å². The van der Waals surface area contributed by atoms with Crippen molar-refractivity contribution in [3.8, 4) is 0 Å². The molecule has 1 aliphatic carbocycles. The molecular weight excluding hydrogens is 204 g/mol. The summed E-state index contributed by atoms with van der Waals surface area (Å²) in [6.45, 7) is 2.08. The van der Waals surface area contributed by atoms with E-state index in [1.165, 1.54) is 0 Å². The molecule has 4 N–H and O–H groups in total. The molecule has 0 aliphatic heterocycles. The second-order valence-corrected chi connectivity index (χ2v) is 5.67. The first-order valence-corrected chi connectivity index (χ1v) is 6.35. The first kappa shape index (κ1) is 11.9. The second kappa shape index (κ2) is 4.14. The highest BCUT2D eigenvalue weighted by Crippen LogP contribution is 2.31. The van der Waals surface area contributed by atoms with Crippen molar-refractivity contribution in [3.63, 3.8) is 0 Å². The van der Waals surface area contributed by atoms with Gasteiger partial charge in [-0.25, -0.2) is 5.14 Å². The lowest BCUT2D eigenvalue weighted by molar-refractivity contribution is -0.00751.